The standard InChI is InChI=1S/C17H29N3/c1-4-18-15(2)10-11-20-13-12-19(3)14-17(20)16-8-6-5-7-9-16/h5-9,15,17-18H,4,10-14H2,1-3H3. The van der Waals surface area contributed by atoms with Gasteiger partial charge in [-0.3, -0.25) is 4.90 Å². The largest absolute Gasteiger partial charge is 0.314 e. The molecular formula is C17H29N3. The molecule has 1 aliphatic heterocycles. The molecule has 0 amide bonds. The lowest BCUT2D eigenvalue weighted by atomic mass is 10.0. The van der Waals surface area contributed by atoms with Gasteiger partial charge in [-0.1, -0.05) is 37.3 Å². The summed E-state index contributed by atoms with van der Waals surface area (Å²) >= 11 is 0. The zero-order valence-electron chi connectivity index (χ0n) is 13.2. The Hall–Kier alpha value is -0.900. The van der Waals surface area contributed by atoms with Gasteiger partial charge in [0.1, 0.15) is 0 Å². The van der Waals surface area contributed by atoms with Crippen molar-refractivity contribution in [1.29, 1.82) is 0 Å². The van der Waals surface area contributed by atoms with Crippen LogP contribution in [0.25, 0.3) is 0 Å². The molecule has 1 heterocycles. The van der Waals surface area contributed by atoms with Crippen molar-refractivity contribution in [1.82, 2.24) is 15.1 Å². The first kappa shape index (κ1) is 15.5. The van der Waals surface area contributed by atoms with Gasteiger partial charge >= 0.3 is 0 Å². The fourth-order valence-electron chi connectivity index (χ4n) is 3.03. The lowest BCUT2D eigenvalue weighted by Gasteiger charge is -2.40. The predicted octanol–water partition coefficient (Wildman–Crippen LogP) is 2.36. The lowest BCUT2D eigenvalue weighted by Crippen LogP contribution is -2.47. The van der Waals surface area contributed by atoms with Crippen LogP contribution in [-0.2, 0) is 0 Å². The van der Waals surface area contributed by atoms with E-state index >= 15 is 0 Å². The molecule has 3 heteroatoms. The van der Waals surface area contributed by atoms with Crippen LogP contribution in [0.2, 0.25) is 0 Å². The Morgan fingerprint density at radius 2 is 2.00 bits per heavy atom. The Morgan fingerprint density at radius 1 is 1.25 bits per heavy atom. The number of likely N-dealkylation sites (N-methyl/N-ethyl adjacent to an activating group) is 1. The molecule has 2 atom stereocenters. The van der Waals surface area contributed by atoms with Crippen LogP contribution >= 0.6 is 0 Å². The molecule has 2 rings (SSSR count). The second kappa shape index (κ2) is 7.77. The highest BCUT2D eigenvalue weighted by molar-refractivity contribution is 5.20. The third-order valence-corrected chi connectivity index (χ3v) is 4.28. The van der Waals surface area contributed by atoms with E-state index in [1.54, 1.807) is 0 Å². The van der Waals surface area contributed by atoms with Crippen molar-refractivity contribution in [3.63, 3.8) is 0 Å². The van der Waals surface area contributed by atoms with Crippen molar-refractivity contribution in [2.75, 3.05) is 39.8 Å². The summed E-state index contributed by atoms with van der Waals surface area (Å²) in [6, 6.07) is 12.1. The highest BCUT2D eigenvalue weighted by Gasteiger charge is 2.26. The molecule has 20 heavy (non-hydrogen) atoms. The van der Waals surface area contributed by atoms with Crippen molar-refractivity contribution in [2.45, 2.75) is 32.4 Å². The molecule has 1 saturated heterocycles. The van der Waals surface area contributed by atoms with Crippen molar-refractivity contribution < 1.29 is 0 Å². The van der Waals surface area contributed by atoms with E-state index < -0.39 is 0 Å². The van der Waals surface area contributed by atoms with Crippen molar-refractivity contribution >= 4 is 0 Å². The van der Waals surface area contributed by atoms with E-state index in [2.05, 4.69) is 66.3 Å². The van der Waals surface area contributed by atoms with Crippen molar-refractivity contribution in [2.24, 2.45) is 0 Å². The highest BCUT2D eigenvalue weighted by atomic mass is 15.3. The van der Waals surface area contributed by atoms with Crippen molar-refractivity contribution in [3.05, 3.63) is 35.9 Å². The summed E-state index contributed by atoms with van der Waals surface area (Å²) in [5, 5.41) is 3.51. The molecule has 0 spiro atoms. The van der Waals surface area contributed by atoms with Crippen LogP contribution in [0.5, 0.6) is 0 Å². The van der Waals surface area contributed by atoms with Gasteiger partial charge in [0.15, 0.2) is 0 Å². The molecule has 1 aromatic rings. The molecule has 0 aromatic heterocycles. The Morgan fingerprint density at radius 3 is 2.70 bits per heavy atom. The Labute approximate surface area is 124 Å². The molecule has 1 aliphatic rings. The number of benzene rings is 1. The molecule has 0 saturated carbocycles. The Bertz CT molecular complexity index is 379. The van der Waals surface area contributed by atoms with E-state index in [0.29, 0.717) is 12.1 Å². The summed E-state index contributed by atoms with van der Waals surface area (Å²) < 4.78 is 0. The average molecular weight is 275 g/mol. The van der Waals surface area contributed by atoms with Crippen molar-refractivity contribution in [3.8, 4) is 0 Å². The fourth-order valence-corrected chi connectivity index (χ4v) is 3.03. The van der Waals surface area contributed by atoms with Crippen LogP contribution in [0.3, 0.4) is 0 Å². The Balaban J connectivity index is 1.98. The third kappa shape index (κ3) is 4.30. The maximum absolute atomic E-state index is 3.51. The monoisotopic (exact) mass is 275 g/mol. The number of rotatable bonds is 6. The maximum Gasteiger partial charge on any atom is 0.0475 e. The maximum atomic E-state index is 3.51. The number of hydrogen-bond acceptors (Lipinski definition) is 3. The molecule has 0 aliphatic carbocycles. The second-order valence-corrected chi connectivity index (χ2v) is 5.97. The zero-order valence-corrected chi connectivity index (χ0v) is 13.2. The van der Waals surface area contributed by atoms with Gasteiger partial charge in [0.05, 0.1) is 0 Å². The van der Waals surface area contributed by atoms with E-state index in [1.807, 2.05) is 0 Å². The van der Waals surface area contributed by atoms with E-state index in [9.17, 15) is 0 Å². The normalized spacial score (nSPS) is 22.9. The minimum atomic E-state index is 0.545. The zero-order chi connectivity index (χ0) is 14.4. The van der Waals surface area contributed by atoms with Crippen LogP contribution in [0.1, 0.15) is 31.9 Å². The highest BCUT2D eigenvalue weighted by Crippen LogP contribution is 2.24. The summed E-state index contributed by atoms with van der Waals surface area (Å²) in [6.07, 6.45) is 1.22. The molecule has 0 bridgehead atoms. The van der Waals surface area contributed by atoms with Crippen LogP contribution in [0.15, 0.2) is 30.3 Å². The molecule has 1 fully saturated rings. The number of piperazine rings is 1. The molecule has 2 unspecified atom stereocenters. The lowest BCUT2D eigenvalue weighted by molar-refractivity contribution is 0.0865. The molecule has 1 N–H and O–H groups in total. The summed E-state index contributed by atoms with van der Waals surface area (Å²) in [4.78, 5) is 5.10. The van der Waals surface area contributed by atoms with Gasteiger partial charge in [0.2, 0.25) is 0 Å². The van der Waals surface area contributed by atoms with E-state index in [4.69, 9.17) is 0 Å². The first-order valence-electron chi connectivity index (χ1n) is 7.91. The van der Waals surface area contributed by atoms with Crippen LogP contribution < -0.4 is 5.32 Å². The summed E-state index contributed by atoms with van der Waals surface area (Å²) in [5.41, 5.74) is 1.45. The first-order valence-corrected chi connectivity index (χ1v) is 7.91. The number of nitrogens with zero attached hydrogens (tertiary/aromatic N) is 2. The van der Waals surface area contributed by atoms with Gasteiger partial charge in [0, 0.05) is 38.3 Å². The summed E-state index contributed by atoms with van der Waals surface area (Å²) in [5.74, 6) is 0. The van der Waals surface area contributed by atoms with Gasteiger partial charge < -0.3 is 10.2 Å². The minimum Gasteiger partial charge on any atom is -0.314 e. The SMILES string of the molecule is CCNC(C)CCN1CCN(C)CC1c1ccccc1. The molecule has 112 valence electrons. The van der Waals surface area contributed by atoms with Crippen LogP contribution in [0, 0.1) is 0 Å². The predicted molar refractivity (Wildman–Crippen MR) is 86.0 cm³/mol. The summed E-state index contributed by atoms with van der Waals surface area (Å²) in [6.45, 7) is 10.2. The van der Waals surface area contributed by atoms with E-state index in [0.717, 1.165) is 13.1 Å². The smallest absolute Gasteiger partial charge is 0.0475 e. The number of hydrogen-bond donors (Lipinski definition) is 1. The molecule has 3 nitrogen and oxygen atoms in total. The van der Waals surface area contributed by atoms with Crippen LogP contribution in [-0.4, -0.2) is 55.6 Å². The van der Waals surface area contributed by atoms with Gasteiger partial charge in [-0.15, -0.1) is 0 Å². The van der Waals surface area contributed by atoms with Crippen LogP contribution in [0.4, 0.5) is 0 Å². The van der Waals surface area contributed by atoms with Gasteiger partial charge in [-0.2, -0.15) is 0 Å². The summed E-state index contributed by atoms with van der Waals surface area (Å²) in [7, 11) is 2.23. The molecule has 0 radical (unpaired) electrons. The second-order valence-electron chi connectivity index (χ2n) is 5.97. The first-order chi connectivity index (χ1) is 9.70. The van der Waals surface area contributed by atoms with Gasteiger partial charge in [-0.05, 0) is 32.5 Å². The van der Waals surface area contributed by atoms with Gasteiger partial charge in [0.25, 0.3) is 0 Å². The average Bonchev–Trinajstić information content (AvgIpc) is 2.47. The Kier molecular flexibility index (Phi) is 6.02. The minimum absolute atomic E-state index is 0.545. The van der Waals surface area contributed by atoms with E-state index in [1.165, 1.54) is 31.6 Å². The molecular weight excluding hydrogens is 246 g/mol. The third-order valence-electron chi connectivity index (χ3n) is 4.28. The fraction of sp³-hybridized carbons (Fsp3) is 0.647. The van der Waals surface area contributed by atoms with Gasteiger partial charge in [-0.25, -0.2) is 0 Å². The quantitative estimate of drug-likeness (QED) is 0.860. The molecule has 1 aromatic carbocycles. The number of nitrogens with one attached hydrogen (secondary N) is 1. The topological polar surface area (TPSA) is 18.5 Å². The van der Waals surface area contributed by atoms with E-state index in [-0.39, 0.29) is 0 Å².